The van der Waals surface area contributed by atoms with Crippen LogP contribution in [0.2, 0.25) is 0 Å². The summed E-state index contributed by atoms with van der Waals surface area (Å²) in [5, 5.41) is 5.03. The van der Waals surface area contributed by atoms with E-state index in [2.05, 4.69) is 39.9 Å². The van der Waals surface area contributed by atoms with E-state index < -0.39 is 0 Å². The second-order valence-corrected chi connectivity index (χ2v) is 8.51. The highest BCUT2D eigenvalue weighted by Crippen LogP contribution is 2.40. The average molecular weight is 295 g/mol. The van der Waals surface area contributed by atoms with Crippen molar-refractivity contribution in [1.82, 2.24) is 10.3 Å². The number of nitrogens with zero attached hydrogens (tertiary/aromatic N) is 1. The van der Waals surface area contributed by atoms with Gasteiger partial charge in [-0.2, -0.15) is 0 Å². The van der Waals surface area contributed by atoms with Crippen LogP contribution in [0.3, 0.4) is 0 Å². The number of hydrogen-bond acceptors (Lipinski definition) is 3. The van der Waals surface area contributed by atoms with Crippen LogP contribution in [0.1, 0.15) is 81.8 Å². The Balaban J connectivity index is 2.11. The fourth-order valence-corrected chi connectivity index (χ4v) is 4.12. The maximum absolute atomic E-state index is 5.00. The van der Waals surface area contributed by atoms with Crippen LogP contribution in [-0.2, 0) is 13.0 Å². The van der Waals surface area contributed by atoms with Gasteiger partial charge in [0.1, 0.15) is 0 Å². The summed E-state index contributed by atoms with van der Waals surface area (Å²) in [6.45, 7) is 12.3. The highest BCUT2D eigenvalue weighted by molar-refractivity contribution is 7.11. The second kappa shape index (κ2) is 6.57. The molecule has 114 valence electrons. The highest BCUT2D eigenvalue weighted by atomic mass is 32.1. The molecule has 2 atom stereocenters. The summed E-state index contributed by atoms with van der Waals surface area (Å²) in [6, 6.07) is 0. The van der Waals surface area contributed by atoms with Crippen LogP contribution in [-0.4, -0.2) is 10.5 Å². The van der Waals surface area contributed by atoms with Crippen molar-refractivity contribution in [2.75, 3.05) is 0 Å². The molecule has 2 rings (SSSR count). The van der Waals surface area contributed by atoms with Gasteiger partial charge in [-0.05, 0) is 46.0 Å². The molecule has 1 aromatic rings. The zero-order valence-electron chi connectivity index (χ0n) is 13.8. The molecular weight excluding hydrogens is 264 g/mol. The van der Waals surface area contributed by atoms with E-state index in [-0.39, 0.29) is 5.54 Å². The van der Waals surface area contributed by atoms with E-state index in [1.807, 2.05) is 11.3 Å². The highest BCUT2D eigenvalue weighted by Gasteiger charge is 2.26. The first-order chi connectivity index (χ1) is 9.39. The van der Waals surface area contributed by atoms with Gasteiger partial charge in [-0.3, -0.25) is 0 Å². The van der Waals surface area contributed by atoms with Gasteiger partial charge in [0.2, 0.25) is 0 Å². The molecule has 0 aliphatic heterocycles. The summed E-state index contributed by atoms with van der Waals surface area (Å²) < 4.78 is 0. The zero-order chi connectivity index (χ0) is 14.8. The van der Waals surface area contributed by atoms with Gasteiger partial charge in [0.15, 0.2) is 0 Å². The Hall–Kier alpha value is -0.410. The summed E-state index contributed by atoms with van der Waals surface area (Å²) in [6.07, 6.45) is 6.37. The van der Waals surface area contributed by atoms with Crippen molar-refractivity contribution in [2.24, 2.45) is 5.92 Å². The molecule has 2 unspecified atom stereocenters. The molecule has 3 heteroatoms. The molecule has 0 aromatic carbocycles. The molecule has 2 nitrogen and oxygen atoms in total. The van der Waals surface area contributed by atoms with Crippen molar-refractivity contribution < 1.29 is 0 Å². The number of thiazole rings is 1. The number of aromatic nitrogens is 1. The molecule has 1 aliphatic rings. The largest absolute Gasteiger partial charge is 0.307 e. The van der Waals surface area contributed by atoms with E-state index in [0.717, 1.165) is 24.8 Å². The Bertz CT molecular complexity index is 431. The lowest BCUT2D eigenvalue weighted by molar-refractivity contribution is 0.425. The van der Waals surface area contributed by atoms with Crippen LogP contribution >= 0.6 is 11.3 Å². The molecular formula is C17H30N2S. The second-order valence-electron chi connectivity index (χ2n) is 7.39. The molecule has 1 saturated carbocycles. The third-order valence-electron chi connectivity index (χ3n) is 4.10. The van der Waals surface area contributed by atoms with Crippen LogP contribution in [0, 0.1) is 5.92 Å². The molecule has 20 heavy (non-hydrogen) atoms. The van der Waals surface area contributed by atoms with Crippen molar-refractivity contribution >= 4 is 11.3 Å². The van der Waals surface area contributed by atoms with Gasteiger partial charge in [0, 0.05) is 22.9 Å². The molecule has 0 saturated heterocycles. The predicted molar refractivity (Wildman–Crippen MR) is 88.5 cm³/mol. The minimum Gasteiger partial charge on any atom is -0.307 e. The molecule has 1 heterocycles. The third kappa shape index (κ3) is 4.29. The topological polar surface area (TPSA) is 24.9 Å². The molecule has 0 amide bonds. The lowest BCUT2D eigenvalue weighted by Gasteiger charge is -2.20. The van der Waals surface area contributed by atoms with E-state index >= 15 is 0 Å². The van der Waals surface area contributed by atoms with Crippen molar-refractivity contribution in [1.29, 1.82) is 0 Å². The third-order valence-corrected chi connectivity index (χ3v) is 5.37. The Morgan fingerprint density at radius 3 is 2.60 bits per heavy atom. The van der Waals surface area contributed by atoms with Gasteiger partial charge in [-0.25, -0.2) is 4.98 Å². The quantitative estimate of drug-likeness (QED) is 0.836. The van der Waals surface area contributed by atoms with Gasteiger partial charge in [0.05, 0.1) is 10.7 Å². The van der Waals surface area contributed by atoms with E-state index in [1.165, 1.54) is 41.3 Å². The summed E-state index contributed by atoms with van der Waals surface area (Å²) >= 11 is 1.97. The molecule has 0 radical (unpaired) electrons. The van der Waals surface area contributed by atoms with Gasteiger partial charge in [0.25, 0.3) is 0 Å². The Morgan fingerprint density at radius 2 is 2.05 bits per heavy atom. The van der Waals surface area contributed by atoms with Crippen LogP contribution < -0.4 is 5.32 Å². The lowest BCUT2D eigenvalue weighted by atomic mass is 10.1. The van der Waals surface area contributed by atoms with E-state index in [9.17, 15) is 0 Å². The Labute approximate surface area is 128 Å². The first-order valence-electron chi connectivity index (χ1n) is 8.12. The summed E-state index contributed by atoms with van der Waals surface area (Å²) in [4.78, 5) is 6.46. The SMILES string of the molecule is CCCc1nc(C2CCC(C)C2)sc1CNC(C)(C)C. The van der Waals surface area contributed by atoms with Gasteiger partial charge < -0.3 is 5.32 Å². The minimum atomic E-state index is 0.176. The van der Waals surface area contributed by atoms with Crippen molar-refractivity contribution in [3.05, 3.63) is 15.6 Å². The first kappa shape index (κ1) is 16.0. The van der Waals surface area contributed by atoms with Gasteiger partial charge >= 0.3 is 0 Å². The smallest absolute Gasteiger partial charge is 0.0962 e. The number of nitrogens with one attached hydrogen (secondary N) is 1. The van der Waals surface area contributed by atoms with Crippen LogP contribution in [0.5, 0.6) is 0 Å². The summed E-state index contributed by atoms with van der Waals surface area (Å²) in [7, 11) is 0. The average Bonchev–Trinajstić information content (AvgIpc) is 2.93. The standard InChI is InChI=1S/C17H30N2S/c1-6-7-14-15(11-18-17(3,4)5)20-16(19-14)13-9-8-12(2)10-13/h12-13,18H,6-11H2,1-5H3. The fourth-order valence-electron chi connectivity index (χ4n) is 2.93. The number of hydrogen-bond donors (Lipinski definition) is 1. The van der Waals surface area contributed by atoms with Crippen LogP contribution in [0.4, 0.5) is 0 Å². The monoisotopic (exact) mass is 294 g/mol. The normalized spacial score (nSPS) is 23.4. The Morgan fingerprint density at radius 1 is 1.30 bits per heavy atom. The van der Waals surface area contributed by atoms with Gasteiger partial charge in [-0.1, -0.05) is 26.7 Å². The maximum atomic E-state index is 5.00. The maximum Gasteiger partial charge on any atom is 0.0962 e. The van der Waals surface area contributed by atoms with Crippen molar-refractivity contribution in [3.63, 3.8) is 0 Å². The van der Waals surface area contributed by atoms with Crippen LogP contribution in [0.15, 0.2) is 0 Å². The number of aryl methyl sites for hydroxylation is 1. The van der Waals surface area contributed by atoms with E-state index in [0.29, 0.717) is 0 Å². The molecule has 1 fully saturated rings. The lowest BCUT2D eigenvalue weighted by Crippen LogP contribution is -2.35. The summed E-state index contributed by atoms with van der Waals surface area (Å²) in [5.74, 6) is 1.61. The van der Waals surface area contributed by atoms with Crippen molar-refractivity contribution in [2.45, 2.75) is 84.7 Å². The molecule has 1 N–H and O–H groups in total. The summed E-state index contributed by atoms with van der Waals surface area (Å²) in [5.41, 5.74) is 1.53. The molecule has 1 aliphatic carbocycles. The molecule has 0 spiro atoms. The first-order valence-corrected chi connectivity index (χ1v) is 8.94. The van der Waals surface area contributed by atoms with E-state index in [1.54, 1.807) is 0 Å². The Kier molecular flexibility index (Phi) is 5.25. The zero-order valence-corrected chi connectivity index (χ0v) is 14.6. The molecule has 0 bridgehead atoms. The molecule has 1 aromatic heterocycles. The minimum absolute atomic E-state index is 0.176. The fraction of sp³-hybridized carbons (Fsp3) is 0.824. The van der Waals surface area contributed by atoms with E-state index in [4.69, 9.17) is 4.98 Å². The van der Waals surface area contributed by atoms with Gasteiger partial charge in [-0.15, -0.1) is 11.3 Å². The number of rotatable bonds is 5. The van der Waals surface area contributed by atoms with Crippen molar-refractivity contribution in [3.8, 4) is 0 Å². The van der Waals surface area contributed by atoms with Crippen LogP contribution in [0.25, 0.3) is 0 Å². The predicted octanol–water partition coefficient (Wildman–Crippen LogP) is 4.89.